The van der Waals surface area contributed by atoms with E-state index >= 15 is 0 Å². The average Bonchev–Trinajstić information content (AvgIpc) is 2.85. The Bertz CT molecular complexity index is 922. The second kappa shape index (κ2) is 11.6. The molecule has 0 aliphatic carbocycles. The maximum atomic E-state index is 11.4. The molecule has 1 fully saturated rings. The van der Waals surface area contributed by atoms with E-state index < -0.39 is 18.3 Å². The normalized spacial score (nSPS) is 25.5. The van der Waals surface area contributed by atoms with Gasteiger partial charge >= 0.3 is 0 Å². The monoisotopic (exact) mass is 450 g/mol. The number of aliphatic hydroxyl groups is 1. The number of benzene rings is 3. The molecule has 0 spiro atoms. The van der Waals surface area contributed by atoms with Crippen molar-refractivity contribution in [2.45, 2.75) is 61.3 Å². The summed E-state index contributed by atoms with van der Waals surface area (Å²) in [5.74, 6) is 0. The topological polar surface area (TPSA) is 47.9 Å². The van der Waals surface area contributed by atoms with Crippen LogP contribution in [0, 0.1) is 0 Å². The molecule has 1 aliphatic heterocycles. The molecule has 2 unspecified atom stereocenters. The summed E-state index contributed by atoms with van der Waals surface area (Å²) in [5.41, 5.74) is 1.79. The zero-order valence-electron chi connectivity index (χ0n) is 18.2. The molecule has 1 saturated heterocycles. The summed E-state index contributed by atoms with van der Waals surface area (Å²) < 4.78 is 18.9. The number of ether oxygens (including phenoxy) is 3. The van der Waals surface area contributed by atoms with Crippen molar-refractivity contribution in [2.24, 2.45) is 0 Å². The van der Waals surface area contributed by atoms with E-state index in [9.17, 15) is 5.11 Å². The first kappa shape index (κ1) is 23.0. The van der Waals surface area contributed by atoms with Gasteiger partial charge in [0.2, 0.25) is 0 Å². The van der Waals surface area contributed by atoms with Crippen LogP contribution in [-0.2, 0) is 27.4 Å². The largest absolute Gasteiger partial charge is 0.387 e. The van der Waals surface area contributed by atoms with Crippen LogP contribution in [0.5, 0.6) is 0 Å². The van der Waals surface area contributed by atoms with Crippen LogP contribution in [-0.4, -0.2) is 35.0 Å². The molecule has 3 aromatic rings. The van der Waals surface area contributed by atoms with E-state index in [0.29, 0.717) is 13.2 Å². The standard InChI is InChI=1S/C27H30O4S/c1-2-23-25(29-18-20-12-6-3-7-13-20)24(28)26(30-19-21-14-8-4-9-15-21)27(31-23)32-22-16-10-5-11-17-22/h3-17,23-28H,2,18-19H2,1H3/t23?,24-,25+,26?,27+/m0/s1. The number of aliphatic hydroxyl groups excluding tert-OH is 1. The summed E-state index contributed by atoms with van der Waals surface area (Å²) in [6, 6.07) is 30.1. The van der Waals surface area contributed by atoms with Crippen molar-refractivity contribution in [3.63, 3.8) is 0 Å². The Hall–Kier alpha value is -2.15. The van der Waals surface area contributed by atoms with Crippen LogP contribution in [0.1, 0.15) is 24.5 Å². The number of hydrogen-bond donors (Lipinski definition) is 1. The molecule has 3 aromatic carbocycles. The molecule has 32 heavy (non-hydrogen) atoms. The molecular formula is C27H30O4S. The highest BCUT2D eigenvalue weighted by atomic mass is 32.2. The van der Waals surface area contributed by atoms with Gasteiger partial charge in [0, 0.05) is 4.90 Å². The molecule has 5 atom stereocenters. The first-order chi connectivity index (χ1) is 15.7. The number of rotatable bonds is 9. The lowest BCUT2D eigenvalue weighted by molar-refractivity contribution is -0.231. The van der Waals surface area contributed by atoms with Gasteiger partial charge in [-0.1, -0.05) is 97.5 Å². The van der Waals surface area contributed by atoms with Gasteiger partial charge in [-0.2, -0.15) is 0 Å². The maximum absolute atomic E-state index is 11.4. The predicted molar refractivity (Wildman–Crippen MR) is 127 cm³/mol. The Morgan fingerprint density at radius 2 is 1.25 bits per heavy atom. The first-order valence-corrected chi connectivity index (χ1v) is 12.0. The van der Waals surface area contributed by atoms with E-state index in [0.717, 1.165) is 22.4 Å². The average molecular weight is 451 g/mol. The summed E-state index contributed by atoms with van der Waals surface area (Å²) >= 11 is 1.58. The lowest BCUT2D eigenvalue weighted by Gasteiger charge is -2.44. The molecule has 4 nitrogen and oxygen atoms in total. The van der Waals surface area contributed by atoms with Crippen molar-refractivity contribution < 1.29 is 19.3 Å². The highest BCUT2D eigenvalue weighted by molar-refractivity contribution is 7.99. The van der Waals surface area contributed by atoms with E-state index in [1.165, 1.54) is 0 Å². The van der Waals surface area contributed by atoms with Crippen LogP contribution in [0.2, 0.25) is 0 Å². The molecule has 0 bridgehead atoms. The molecular weight excluding hydrogens is 420 g/mol. The van der Waals surface area contributed by atoms with Gasteiger partial charge in [-0.05, 0) is 29.7 Å². The SMILES string of the molecule is CCC1O[C@H](Sc2ccccc2)C(OCc2ccccc2)[C@@H](O)[C@@H]1OCc1ccccc1. The van der Waals surface area contributed by atoms with Crippen molar-refractivity contribution in [2.75, 3.05) is 0 Å². The fourth-order valence-corrected chi connectivity index (χ4v) is 5.02. The molecule has 5 heteroatoms. The molecule has 1 heterocycles. The van der Waals surface area contributed by atoms with E-state index in [-0.39, 0.29) is 11.5 Å². The highest BCUT2D eigenvalue weighted by Crippen LogP contribution is 2.37. The molecule has 0 aromatic heterocycles. The minimum Gasteiger partial charge on any atom is -0.387 e. The lowest BCUT2D eigenvalue weighted by Crippen LogP contribution is -2.58. The fourth-order valence-electron chi connectivity index (χ4n) is 3.87. The van der Waals surface area contributed by atoms with Gasteiger partial charge in [0.1, 0.15) is 23.7 Å². The van der Waals surface area contributed by atoms with Crippen molar-refractivity contribution in [3.05, 3.63) is 102 Å². The molecule has 168 valence electrons. The number of thioether (sulfide) groups is 1. The van der Waals surface area contributed by atoms with Gasteiger partial charge in [-0.15, -0.1) is 0 Å². The third kappa shape index (κ3) is 6.00. The zero-order chi connectivity index (χ0) is 22.2. The summed E-state index contributed by atoms with van der Waals surface area (Å²) in [7, 11) is 0. The summed E-state index contributed by atoms with van der Waals surface area (Å²) in [4.78, 5) is 1.08. The minimum atomic E-state index is -0.803. The van der Waals surface area contributed by atoms with Crippen molar-refractivity contribution in [3.8, 4) is 0 Å². The smallest absolute Gasteiger partial charge is 0.136 e. The molecule has 1 aliphatic rings. The van der Waals surface area contributed by atoms with Crippen LogP contribution in [0.15, 0.2) is 95.9 Å². The predicted octanol–water partition coefficient (Wildman–Crippen LogP) is 5.45. The van der Waals surface area contributed by atoms with E-state index in [1.807, 2.05) is 91.0 Å². The second-order valence-corrected chi connectivity index (χ2v) is 9.07. The van der Waals surface area contributed by atoms with Gasteiger partial charge in [0.05, 0.1) is 19.3 Å². The Balaban J connectivity index is 1.51. The second-order valence-electron chi connectivity index (χ2n) is 7.90. The molecule has 4 rings (SSSR count). The summed E-state index contributed by atoms with van der Waals surface area (Å²) in [5, 5.41) is 11.4. The Labute approximate surface area is 194 Å². The summed E-state index contributed by atoms with van der Waals surface area (Å²) in [6.45, 7) is 2.88. The molecule has 0 amide bonds. The Kier molecular flexibility index (Phi) is 8.37. The Morgan fingerprint density at radius 3 is 1.78 bits per heavy atom. The molecule has 0 saturated carbocycles. The summed E-state index contributed by atoms with van der Waals surface area (Å²) in [6.07, 6.45) is -1.26. The van der Waals surface area contributed by atoms with Crippen LogP contribution >= 0.6 is 11.8 Å². The van der Waals surface area contributed by atoms with Crippen LogP contribution < -0.4 is 0 Å². The molecule has 0 radical (unpaired) electrons. The quantitative estimate of drug-likeness (QED) is 0.470. The van der Waals surface area contributed by atoms with Crippen molar-refractivity contribution in [1.29, 1.82) is 0 Å². The third-order valence-electron chi connectivity index (χ3n) is 5.59. The Morgan fingerprint density at radius 1 is 0.750 bits per heavy atom. The van der Waals surface area contributed by atoms with Gasteiger partial charge < -0.3 is 19.3 Å². The van der Waals surface area contributed by atoms with Gasteiger partial charge in [0.15, 0.2) is 0 Å². The lowest BCUT2D eigenvalue weighted by atomic mass is 9.97. The van der Waals surface area contributed by atoms with Gasteiger partial charge in [-0.25, -0.2) is 0 Å². The van der Waals surface area contributed by atoms with Gasteiger partial charge in [0.25, 0.3) is 0 Å². The van der Waals surface area contributed by atoms with Crippen molar-refractivity contribution >= 4 is 11.8 Å². The van der Waals surface area contributed by atoms with E-state index in [4.69, 9.17) is 14.2 Å². The molecule has 1 N–H and O–H groups in total. The number of hydrogen-bond acceptors (Lipinski definition) is 5. The third-order valence-corrected chi connectivity index (χ3v) is 6.74. The van der Waals surface area contributed by atoms with Crippen LogP contribution in [0.25, 0.3) is 0 Å². The minimum absolute atomic E-state index is 0.216. The van der Waals surface area contributed by atoms with Crippen molar-refractivity contribution in [1.82, 2.24) is 0 Å². The maximum Gasteiger partial charge on any atom is 0.136 e. The van der Waals surface area contributed by atoms with Crippen LogP contribution in [0.3, 0.4) is 0 Å². The zero-order valence-corrected chi connectivity index (χ0v) is 19.1. The first-order valence-electron chi connectivity index (χ1n) is 11.1. The highest BCUT2D eigenvalue weighted by Gasteiger charge is 2.46. The van der Waals surface area contributed by atoms with E-state index in [2.05, 4.69) is 6.92 Å². The van der Waals surface area contributed by atoms with Crippen LogP contribution in [0.4, 0.5) is 0 Å². The van der Waals surface area contributed by atoms with Gasteiger partial charge in [-0.3, -0.25) is 0 Å². The fraction of sp³-hybridized carbons (Fsp3) is 0.333. The van der Waals surface area contributed by atoms with E-state index in [1.54, 1.807) is 11.8 Å².